The second kappa shape index (κ2) is 10.4. The van der Waals surface area contributed by atoms with Crippen LogP contribution in [0.4, 0.5) is 0 Å². The van der Waals surface area contributed by atoms with Gasteiger partial charge in [-0.1, -0.05) is 78.9 Å². The molecule has 2 amide bonds. The highest BCUT2D eigenvalue weighted by atomic mass is 16.2. The van der Waals surface area contributed by atoms with E-state index in [0.29, 0.717) is 11.1 Å². The average molecular weight is 471 g/mol. The van der Waals surface area contributed by atoms with E-state index in [9.17, 15) is 9.59 Å². The molecule has 0 spiro atoms. The molecular formula is C30H22N4O2. The van der Waals surface area contributed by atoms with Crippen LogP contribution < -0.4 is 10.9 Å². The van der Waals surface area contributed by atoms with Crippen LogP contribution in [-0.4, -0.2) is 24.2 Å². The highest BCUT2D eigenvalue weighted by Gasteiger charge is 2.06. The van der Waals surface area contributed by atoms with Crippen molar-refractivity contribution in [3.8, 4) is 0 Å². The quantitative estimate of drug-likeness (QED) is 0.253. The number of rotatable bonds is 6. The van der Waals surface area contributed by atoms with E-state index in [1.807, 2.05) is 97.1 Å². The fourth-order valence-corrected chi connectivity index (χ4v) is 3.84. The van der Waals surface area contributed by atoms with Gasteiger partial charge in [-0.25, -0.2) is 10.9 Å². The Morgan fingerprint density at radius 1 is 0.500 bits per heavy atom. The average Bonchev–Trinajstić information content (AvgIpc) is 2.92. The normalized spacial score (nSPS) is 11.3. The molecule has 0 unspecified atom stereocenters. The molecule has 0 aliphatic rings. The summed E-state index contributed by atoms with van der Waals surface area (Å²) in [4.78, 5) is 24.9. The first-order valence-electron chi connectivity index (χ1n) is 11.4. The molecule has 0 heterocycles. The van der Waals surface area contributed by atoms with Gasteiger partial charge >= 0.3 is 0 Å². The minimum atomic E-state index is -0.286. The summed E-state index contributed by atoms with van der Waals surface area (Å²) in [5.41, 5.74) is 7.75. The van der Waals surface area contributed by atoms with Crippen molar-refractivity contribution in [2.75, 3.05) is 0 Å². The number of hydrogen-bond donors (Lipinski definition) is 2. The summed E-state index contributed by atoms with van der Waals surface area (Å²) < 4.78 is 0. The zero-order chi connectivity index (χ0) is 24.7. The molecule has 36 heavy (non-hydrogen) atoms. The maximum atomic E-state index is 12.5. The molecule has 0 fully saturated rings. The van der Waals surface area contributed by atoms with Gasteiger partial charge in [-0.05, 0) is 63.0 Å². The van der Waals surface area contributed by atoms with Gasteiger partial charge in [-0.15, -0.1) is 0 Å². The molecule has 0 aliphatic carbocycles. The number of carbonyl (C=O) groups is 2. The minimum absolute atomic E-state index is 0.286. The molecule has 5 aromatic rings. The fraction of sp³-hybridized carbons (Fsp3) is 0. The van der Waals surface area contributed by atoms with E-state index in [2.05, 4.69) is 21.1 Å². The first-order chi connectivity index (χ1) is 17.7. The predicted octanol–water partition coefficient (Wildman–Crippen LogP) is 5.52. The molecule has 0 aliphatic heterocycles. The molecule has 6 nitrogen and oxygen atoms in total. The Morgan fingerprint density at radius 2 is 0.944 bits per heavy atom. The zero-order valence-electron chi connectivity index (χ0n) is 19.3. The summed E-state index contributed by atoms with van der Waals surface area (Å²) in [5.74, 6) is -0.572. The zero-order valence-corrected chi connectivity index (χ0v) is 19.3. The van der Waals surface area contributed by atoms with Gasteiger partial charge in [-0.2, -0.15) is 10.2 Å². The molecule has 5 aromatic carbocycles. The van der Waals surface area contributed by atoms with Gasteiger partial charge in [0.05, 0.1) is 12.4 Å². The first kappa shape index (κ1) is 22.7. The molecule has 0 radical (unpaired) electrons. The molecule has 5 rings (SSSR count). The van der Waals surface area contributed by atoms with Crippen molar-refractivity contribution >= 4 is 45.8 Å². The largest absolute Gasteiger partial charge is 0.271 e. The molecule has 0 aromatic heterocycles. The number of hydrazone groups is 2. The van der Waals surface area contributed by atoms with Crippen molar-refractivity contribution in [3.05, 3.63) is 131 Å². The Hall–Kier alpha value is -5.10. The summed E-state index contributed by atoms with van der Waals surface area (Å²) >= 11 is 0. The highest BCUT2D eigenvalue weighted by Crippen LogP contribution is 2.16. The van der Waals surface area contributed by atoms with Gasteiger partial charge in [0.15, 0.2) is 0 Å². The lowest BCUT2D eigenvalue weighted by atomic mass is 10.1. The lowest BCUT2D eigenvalue weighted by Gasteiger charge is -2.03. The number of nitrogens with zero attached hydrogens (tertiary/aromatic N) is 2. The summed E-state index contributed by atoms with van der Waals surface area (Å²) in [6, 6.07) is 34.2. The Kier molecular flexibility index (Phi) is 6.58. The maximum absolute atomic E-state index is 12.5. The van der Waals surface area contributed by atoms with Crippen molar-refractivity contribution in [2.45, 2.75) is 0 Å². The summed E-state index contributed by atoms with van der Waals surface area (Å²) in [6.45, 7) is 0. The van der Waals surface area contributed by atoms with Crippen molar-refractivity contribution in [1.29, 1.82) is 0 Å². The predicted molar refractivity (Wildman–Crippen MR) is 144 cm³/mol. The Bertz CT molecular complexity index is 1520. The number of amides is 2. The molecule has 2 N–H and O–H groups in total. The van der Waals surface area contributed by atoms with Crippen molar-refractivity contribution in [3.63, 3.8) is 0 Å². The monoisotopic (exact) mass is 470 g/mol. The minimum Gasteiger partial charge on any atom is -0.267 e. The first-order valence-corrected chi connectivity index (χ1v) is 11.4. The standard InChI is InChI=1S/C30H22N4O2/c35-29(27-14-12-23-8-1-3-10-25(23)17-27)33-31-19-21-6-5-7-22(16-21)20-32-34-30(36)28-15-13-24-9-2-4-11-26(24)18-28/h1-20H,(H,33,35)(H,34,36). The van der Waals surface area contributed by atoms with Crippen LogP contribution in [0.3, 0.4) is 0 Å². The Morgan fingerprint density at radius 3 is 1.42 bits per heavy atom. The summed E-state index contributed by atoms with van der Waals surface area (Å²) in [5, 5.41) is 12.3. The van der Waals surface area contributed by atoms with Gasteiger partial charge in [0.25, 0.3) is 11.8 Å². The van der Waals surface area contributed by atoms with Crippen LogP contribution in [0.5, 0.6) is 0 Å². The number of benzene rings is 5. The second-order valence-corrected chi connectivity index (χ2v) is 8.19. The topological polar surface area (TPSA) is 82.9 Å². The third-order valence-corrected chi connectivity index (χ3v) is 5.69. The number of nitrogens with one attached hydrogen (secondary N) is 2. The highest BCUT2D eigenvalue weighted by molar-refractivity contribution is 6.00. The lowest BCUT2D eigenvalue weighted by molar-refractivity contribution is 0.0947. The molecule has 0 atom stereocenters. The van der Waals surface area contributed by atoms with Gasteiger partial charge in [0.1, 0.15) is 0 Å². The van der Waals surface area contributed by atoms with E-state index >= 15 is 0 Å². The van der Waals surface area contributed by atoms with Crippen LogP contribution in [0.25, 0.3) is 21.5 Å². The Balaban J connectivity index is 1.19. The smallest absolute Gasteiger partial charge is 0.267 e. The van der Waals surface area contributed by atoms with Crippen molar-refractivity contribution in [2.24, 2.45) is 10.2 Å². The second-order valence-electron chi connectivity index (χ2n) is 8.19. The molecule has 174 valence electrons. The van der Waals surface area contributed by atoms with Crippen LogP contribution in [0.2, 0.25) is 0 Å². The van der Waals surface area contributed by atoms with E-state index in [1.165, 1.54) is 0 Å². The third kappa shape index (κ3) is 5.34. The van der Waals surface area contributed by atoms with Gasteiger partial charge in [0.2, 0.25) is 0 Å². The Labute approximate surface area is 208 Å². The number of fused-ring (bicyclic) bond motifs is 2. The summed E-state index contributed by atoms with van der Waals surface area (Å²) in [6.07, 6.45) is 3.12. The molecular weight excluding hydrogens is 448 g/mol. The van der Waals surface area contributed by atoms with Crippen LogP contribution in [0.1, 0.15) is 31.8 Å². The van der Waals surface area contributed by atoms with Crippen LogP contribution in [0, 0.1) is 0 Å². The van der Waals surface area contributed by atoms with E-state index < -0.39 is 0 Å². The third-order valence-electron chi connectivity index (χ3n) is 5.69. The van der Waals surface area contributed by atoms with Crippen molar-refractivity contribution in [1.82, 2.24) is 10.9 Å². The van der Waals surface area contributed by atoms with Gasteiger partial charge in [0, 0.05) is 11.1 Å². The fourth-order valence-electron chi connectivity index (χ4n) is 3.84. The van der Waals surface area contributed by atoms with E-state index in [-0.39, 0.29) is 11.8 Å². The SMILES string of the molecule is O=C(NN=Cc1cccc(C=NNC(=O)c2ccc3ccccc3c2)c1)c1ccc2ccccc2c1. The number of hydrogen-bond acceptors (Lipinski definition) is 4. The lowest BCUT2D eigenvalue weighted by Crippen LogP contribution is -2.17. The van der Waals surface area contributed by atoms with Crippen LogP contribution in [-0.2, 0) is 0 Å². The maximum Gasteiger partial charge on any atom is 0.271 e. The van der Waals surface area contributed by atoms with Gasteiger partial charge in [-0.3, -0.25) is 9.59 Å². The van der Waals surface area contributed by atoms with E-state index in [0.717, 1.165) is 32.7 Å². The molecule has 0 bridgehead atoms. The van der Waals surface area contributed by atoms with Crippen LogP contribution >= 0.6 is 0 Å². The summed E-state index contributed by atoms with van der Waals surface area (Å²) in [7, 11) is 0. The molecule has 0 saturated carbocycles. The van der Waals surface area contributed by atoms with Crippen molar-refractivity contribution < 1.29 is 9.59 Å². The van der Waals surface area contributed by atoms with E-state index in [4.69, 9.17) is 0 Å². The molecule has 6 heteroatoms. The molecule has 0 saturated heterocycles. The van der Waals surface area contributed by atoms with E-state index in [1.54, 1.807) is 24.6 Å². The van der Waals surface area contributed by atoms with Crippen LogP contribution in [0.15, 0.2) is 119 Å². The number of carbonyl (C=O) groups excluding carboxylic acids is 2. The van der Waals surface area contributed by atoms with Gasteiger partial charge < -0.3 is 0 Å².